The quantitative estimate of drug-likeness (QED) is 0.830. The molecule has 0 saturated carbocycles. The Hall–Kier alpha value is -1.42. The van der Waals surface area contributed by atoms with Crippen LogP contribution in [0.2, 0.25) is 5.02 Å². The molecule has 0 unspecified atom stereocenters. The Labute approximate surface area is 124 Å². The van der Waals surface area contributed by atoms with Gasteiger partial charge in [0.1, 0.15) is 0 Å². The number of benzene rings is 1. The van der Waals surface area contributed by atoms with Crippen molar-refractivity contribution in [2.45, 2.75) is 39.5 Å². The van der Waals surface area contributed by atoms with Crippen molar-refractivity contribution in [1.82, 2.24) is 0 Å². The number of carbonyl (C=O) groups is 1. The lowest BCUT2D eigenvalue weighted by Crippen LogP contribution is -2.22. The molecule has 0 aliphatic heterocycles. The summed E-state index contributed by atoms with van der Waals surface area (Å²) in [5.41, 5.74) is 0.160. The smallest absolute Gasteiger partial charge is 0.304 e. The van der Waals surface area contributed by atoms with E-state index in [1.165, 1.54) is 0 Å². The third kappa shape index (κ3) is 4.04. The molecule has 0 spiro atoms. The van der Waals surface area contributed by atoms with Gasteiger partial charge in [-0.2, -0.15) is 0 Å². The lowest BCUT2D eigenvalue weighted by Gasteiger charge is -2.26. The minimum Gasteiger partial charge on any atom is -0.490 e. The van der Waals surface area contributed by atoms with Crippen molar-refractivity contribution in [3.05, 3.63) is 22.7 Å². The first-order chi connectivity index (χ1) is 9.31. The van der Waals surface area contributed by atoms with E-state index in [4.69, 9.17) is 26.2 Å². The third-order valence-corrected chi connectivity index (χ3v) is 3.27. The van der Waals surface area contributed by atoms with Crippen LogP contribution in [0.5, 0.6) is 11.5 Å². The van der Waals surface area contributed by atoms with Gasteiger partial charge in [0.25, 0.3) is 0 Å². The predicted octanol–water partition coefficient (Wildman–Crippen LogP) is 3.89. The SMILES string of the molecule is CCOc1cc(Cl)c(C(C)(C)CC(=O)O)cc1OCC. The van der Waals surface area contributed by atoms with Crippen LogP contribution < -0.4 is 9.47 Å². The zero-order valence-electron chi connectivity index (χ0n) is 12.3. The van der Waals surface area contributed by atoms with Gasteiger partial charge >= 0.3 is 5.97 Å². The number of hydrogen-bond donors (Lipinski definition) is 1. The van der Waals surface area contributed by atoms with E-state index in [-0.39, 0.29) is 6.42 Å². The van der Waals surface area contributed by atoms with Crippen LogP contribution >= 0.6 is 11.6 Å². The Morgan fingerprint density at radius 2 is 1.70 bits per heavy atom. The summed E-state index contributed by atoms with van der Waals surface area (Å²) in [5, 5.41) is 9.50. The maximum absolute atomic E-state index is 11.0. The molecule has 5 heteroatoms. The Morgan fingerprint density at radius 1 is 1.20 bits per heavy atom. The lowest BCUT2D eigenvalue weighted by atomic mass is 9.81. The highest BCUT2D eigenvalue weighted by Gasteiger charge is 2.28. The fourth-order valence-corrected chi connectivity index (χ4v) is 2.47. The summed E-state index contributed by atoms with van der Waals surface area (Å²) in [7, 11) is 0. The normalized spacial score (nSPS) is 11.2. The van der Waals surface area contributed by atoms with Gasteiger partial charge in [-0.3, -0.25) is 4.79 Å². The molecule has 4 nitrogen and oxygen atoms in total. The van der Waals surface area contributed by atoms with Gasteiger partial charge < -0.3 is 14.6 Å². The zero-order valence-corrected chi connectivity index (χ0v) is 13.1. The van der Waals surface area contributed by atoms with Crippen LogP contribution in [-0.4, -0.2) is 24.3 Å². The second-order valence-corrected chi connectivity index (χ2v) is 5.51. The van der Waals surface area contributed by atoms with Crippen molar-refractivity contribution >= 4 is 17.6 Å². The van der Waals surface area contributed by atoms with E-state index < -0.39 is 11.4 Å². The van der Waals surface area contributed by atoms with Crippen molar-refractivity contribution in [2.75, 3.05) is 13.2 Å². The molecule has 20 heavy (non-hydrogen) atoms. The first-order valence-corrected chi connectivity index (χ1v) is 7.01. The van der Waals surface area contributed by atoms with E-state index in [1.807, 2.05) is 27.7 Å². The number of ether oxygens (including phenoxy) is 2. The lowest BCUT2D eigenvalue weighted by molar-refractivity contribution is -0.138. The molecule has 0 bridgehead atoms. The van der Waals surface area contributed by atoms with Crippen LogP contribution in [0.25, 0.3) is 0 Å². The molecule has 0 fully saturated rings. The Kier molecular flexibility index (Phi) is 5.69. The minimum atomic E-state index is -0.863. The minimum absolute atomic E-state index is 0.00767. The first kappa shape index (κ1) is 16.6. The van der Waals surface area contributed by atoms with Crippen LogP contribution in [-0.2, 0) is 10.2 Å². The Bertz CT molecular complexity index is 483. The highest BCUT2D eigenvalue weighted by molar-refractivity contribution is 6.31. The van der Waals surface area contributed by atoms with E-state index in [9.17, 15) is 4.79 Å². The highest BCUT2D eigenvalue weighted by atomic mass is 35.5. The molecule has 112 valence electrons. The summed E-state index contributed by atoms with van der Waals surface area (Å²) >= 11 is 6.28. The van der Waals surface area contributed by atoms with Crippen molar-refractivity contribution in [2.24, 2.45) is 0 Å². The molecule has 0 aliphatic rings. The standard InChI is InChI=1S/C15H21ClO4/c1-5-19-12-7-10(15(3,4)9-14(17)18)11(16)8-13(12)20-6-2/h7-8H,5-6,9H2,1-4H3,(H,17,18). The van der Waals surface area contributed by atoms with Gasteiger partial charge in [0, 0.05) is 16.5 Å². The monoisotopic (exact) mass is 300 g/mol. The number of hydrogen-bond acceptors (Lipinski definition) is 3. The summed E-state index contributed by atoms with van der Waals surface area (Å²) < 4.78 is 11.0. The Morgan fingerprint density at radius 3 is 2.15 bits per heavy atom. The maximum Gasteiger partial charge on any atom is 0.304 e. The molecule has 1 rings (SSSR count). The topological polar surface area (TPSA) is 55.8 Å². The van der Waals surface area contributed by atoms with Gasteiger partial charge in [-0.1, -0.05) is 25.4 Å². The molecule has 0 aromatic heterocycles. The highest BCUT2D eigenvalue weighted by Crippen LogP contribution is 2.40. The van der Waals surface area contributed by atoms with Gasteiger partial charge in [-0.25, -0.2) is 0 Å². The fourth-order valence-electron chi connectivity index (χ4n) is 2.06. The molecule has 1 N–H and O–H groups in total. The maximum atomic E-state index is 11.0. The van der Waals surface area contributed by atoms with E-state index in [1.54, 1.807) is 12.1 Å². The predicted molar refractivity (Wildman–Crippen MR) is 79.1 cm³/mol. The molecule has 0 heterocycles. The molecule has 0 amide bonds. The largest absolute Gasteiger partial charge is 0.490 e. The number of aliphatic carboxylic acids is 1. The molecule has 0 saturated heterocycles. The fraction of sp³-hybridized carbons (Fsp3) is 0.533. The average Bonchev–Trinajstić information content (AvgIpc) is 2.31. The second-order valence-electron chi connectivity index (χ2n) is 5.10. The van der Waals surface area contributed by atoms with Gasteiger partial charge in [-0.05, 0) is 25.5 Å². The van der Waals surface area contributed by atoms with Gasteiger partial charge in [0.15, 0.2) is 11.5 Å². The van der Waals surface area contributed by atoms with Gasteiger partial charge in [0.05, 0.1) is 19.6 Å². The van der Waals surface area contributed by atoms with Crippen LogP contribution in [0.3, 0.4) is 0 Å². The number of carboxylic acids is 1. The summed E-state index contributed by atoms with van der Waals surface area (Å²) in [6, 6.07) is 3.47. The summed E-state index contributed by atoms with van der Waals surface area (Å²) in [6.07, 6.45) is -0.00767. The summed E-state index contributed by atoms with van der Waals surface area (Å²) in [5.74, 6) is 0.305. The second kappa shape index (κ2) is 6.84. The van der Waals surface area contributed by atoms with Crippen LogP contribution in [0, 0.1) is 0 Å². The van der Waals surface area contributed by atoms with Gasteiger partial charge in [-0.15, -0.1) is 0 Å². The summed E-state index contributed by atoms with van der Waals surface area (Å²) in [4.78, 5) is 11.0. The van der Waals surface area contributed by atoms with E-state index in [0.29, 0.717) is 29.7 Å². The number of halogens is 1. The summed E-state index contributed by atoms with van der Waals surface area (Å²) in [6.45, 7) is 8.46. The first-order valence-electron chi connectivity index (χ1n) is 6.63. The molecular weight excluding hydrogens is 280 g/mol. The molecule has 1 aromatic carbocycles. The van der Waals surface area contributed by atoms with Crippen LogP contribution in [0.4, 0.5) is 0 Å². The van der Waals surface area contributed by atoms with E-state index in [2.05, 4.69) is 0 Å². The molecular formula is C15H21ClO4. The van der Waals surface area contributed by atoms with Crippen molar-refractivity contribution in [3.63, 3.8) is 0 Å². The number of rotatable bonds is 7. The molecule has 0 radical (unpaired) electrons. The van der Waals surface area contributed by atoms with Crippen LogP contribution in [0.1, 0.15) is 39.7 Å². The third-order valence-electron chi connectivity index (χ3n) is 2.96. The van der Waals surface area contributed by atoms with Crippen LogP contribution in [0.15, 0.2) is 12.1 Å². The van der Waals surface area contributed by atoms with E-state index >= 15 is 0 Å². The van der Waals surface area contributed by atoms with Crippen molar-refractivity contribution < 1.29 is 19.4 Å². The van der Waals surface area contributed by atoms with Crippen molar-refractivity contribution in [1.29, 1.82) is 0 Å². The number of carboxylic acid groups (broad SMARTS) is 1. The molecule has 1 aromatic rings. The van der Waals surface area contributed by atoms with E-state index in [0.717, 1.165) is 5.56 Å². The molecule has 0 atom stereocenters. The average molecular weight is 301 g/mol. The molecule has 0 aliphatic carbocycles. The van der Waals surface area contributed by atoms with Gasteiger partial charge in [0.2, 0.25) is 0 Å². The van der Waals surface area contributed by atoms with Crippen molar-refractivity contribution in [3.8, 4) is 11.5 Å². The Balaban J connectivity index is 3.26. The zero-order chi connectivity index (χ0) is 15.3.